The molecule has 0 saturated carbocycles. The smallest absolute Gasteiger partial charge is 0.253 e. The fraction of sp³-hybridized carbons (Fsp3) is 0.200. The molecule has 8 nitrogen and oxygen atoms in total. The van der Waals surface area contributed by atoms with Crippen molar-refractivity contribution in [3.63, 3.8) is 0 Å². The summed E-state index contributed by atoms with van der Waals surface area (Å²) in [7, 11) is -3.85. The van der Waals surface area contributed by atoms with E-state index < -0.39 is 22.5 Å². The SMILES string of the molecule is CCCNC(=O)c1ccccc1NC(=O)CN(c1ccccc1Oc1ccccc1)S(C)(=O)=O. The second-order valence-electron chi connectivity index (χ2n) is 7.50. The quantitative estimate of drug-likeness (QED) is 0.455. The van der Waals surface area contributed by atoms with Gasteiger partial charge in [-0.3, -0.25) is 13.9 Å². The molecule has 2 N–H and O–H groups in total. The number of nitrogens with one attached hydrogen (secondary N) is 2. The summed E-state index contributed by atoms with van der Waals surface area (Å²) in [5.74, 6) is -0.110. The maximum Gasteiger partial charge on any atom is 0.253 e. The van der Waals surface area contributed by atoms with Crippen molar-refractivity contribution in [2.75, 3.05) is 29.0 Å². The first-order valence-corrected chi connectivity index (χ1v) is 12.6. The van der Waals surface area contributed by atoms with Crippen molar-refractivity contribution in [1.29, 1.82) is 0 Å². The van der Waals surface area contributed by atoms with Gasteiger partial charge in [0.2, 0.25) is 15.9 Å². The van der Waals surface area contributed by atoms with E-state index in [9.17, 15) is 18.0 Å². The number of carbonyl (C=O) groups excluding carboxylic acids is 2. The summed E-state index contributed by atoms with van der Waals surface area (Å²) in [5.41, 5.74) is 0.810. The number of benzene rings is 3. The molecule has 0 fully saturated rings. The van der Waals surface area contributed by atoms with Gasteiger partial charge in [-0.2, -0.15) is 0 Å². The minimum atomic E-state index is -3.85. The number of nitrogens with zero attached hydrogens (tertiary/aromatic N) is 1. The number of amides is 2. The maximum atomic E-state index is 12.9. The molecule has 3 rings (SSSR count). The first-order valence-electron chi connectivity index (χ1n) is 10.8. The molecule has 0 aliphatic carbocycles. The Balaban J connectivity index is 1.85. The van der Waals surface area contributed by atoms with E-state index in [0.29, 0.717) is 23.5 Å². The van der Waals surface area contributed by atoms with Gasteiger partial charge in [-0.25, -0.2) is 8.42 Å². The maximum absolute atomic E-state index is 12.9. The highest BCUT2D eigenvalue weighted by atomic mass is 32.2. The number of rotatable bonds is 10. The third-order valence-electron chi connectivity index (χ3n) is 4.77. The number of anilines is 2. The molecule has 0 aliphatic rings. The molecule has 2 amide bonds. The molecular weight excluding hydrogens is 454 g/mol. The van der Waals surface area contributed by atoms with Crippen molar-refractivity contribution in [1.82, 2.24) is 5.32 Å². The summed E-state index contributed by atoms with van der Waals surface area (Å²) in [4.78, 5) is 25.4. The van der Waals surface area contributed by atoms with Crippen LogP contribution < -0.4 is 19.7 Å². The third-order valence-corrected chi connectivity index (χ3v) is 5.90. The Hall–Kier alpha value is -3.85. The van der Waals surface area contributed by atoms with Crippen LogP contribution in [-0.4, -0.2) is 39.6 Å². The van der Waals surface area contributed by atoms with E-state index in [1.165, 1.54) is 0 Å². The highest BCUT2D eigenvalue weighted by Gasteiger charge is 2.25. The number of para-hydroxylation sites is 4. The van der Waals surface area contributed by atoms with Crippen molar-refractivity contribution in [3.05, 3.63) is 84.4 Å². The number of hydrogen-bond acceptors (Lipinski definition) is 5. The normalized spacial score (nSPS) is 10.9. The summed E-state index contributed by atoms with van der Waals surface area (Å²) in [6.45, 7) is 1.94. The van der Waals surface area contributed by atoms with Gasteiger partial charge in [0.1, 0.15) is 12.3 Å². The summed E-state index contributed by atoms with van der Waals surface area (Å²) in [6.07, 6.45) is 1.79. The first kappa shape index (κ1) is 24.8. The van der Waals surface area contributed by atoms with Crippen LogP contribution in [0.3, 0.4) is 0 Å². The van der Waals surface area contributed by atoms with E-state index >= 15 is 0 Å². The zero-order valence-corrected chi connectivity index (χ0v) is 19.8. The van der Waals surface area contributed by atoms with Gasteiger partial charge < -0.3 is 15.4 Å². The Morgan fingerprint density at radius 3 is 2.26 bits per heavy atom. The summed E-state index contributed by atoms with van der Waals surface area (Å²) < 4.78 is 32.1. The molecule has 0 heterocycles. The van der Waals surface area contributed by atoms with E-state index in [1.54, 1.807) is 72.8 Å². The lowest BCUT2D eigenvalue weighted by atomic mass is 10.1. The Morgan fingerprint density at radius 2 is 1.56 bits per heavy atom. The first-order chi connectivity index (χ1) is 16.3. The third kappa shape index (κ3) is 6.58. The van der Waals surface area contributed by atoms with Gasteiger partial charge in [0.25, 0.3) is 5.91 Å². The predicted octanol–water partition coefficient (Wildman–Crippen LogP) is 4.02. The second kappa shape index (κ2) is 11.3. The minimum Gasteiger partial charge on any atom is -0.455 e. The monoisotopic (exact) mass is 481 g/mol. The predicted molar refractivity (Wildman–Crippen MR) is 133 cm³/mol. The Kier molecular flexibility index (Phi) is 8.26. The Bertz CT molecular complexity index is 1250. The Morgan fingerprint density at radius 1 is 0.912 bits per heavy atom. The van der Waals surface area contributed by atoms with Crippen molar-refractivity contribution in [3.8, 4) is 11.5 Å². The molecule has 0 spiro atoms. The molecule has 9 heteroatoms. The van der Waals surface area contributed by atoms with Gasteiger partial charge in [-0.1, -0.05) is 49.4 Å². The lowest BCUT2D eigenvalue weighted by molar-refractivity contribution is -0.114. The lowest BCUT2D eigenvalue weighted by Crippen LogP contribution is -2.38. The van der Waals surface area contributed by atoms with Crippen LogP contribution in [-0.2, 0) is 14.8 Å². The fourth-order valence-electron chi connectivity index (χ4n) is 3.19. The molecule has 0 radical (unpaired) electrons. The van der Waals surface area contributed by atoms with E-state index in [2.05, 4.69) is 10.6 Å². The van der Waals surface area contributed by atoms with Crippen molar-refractivity contribution >= 4 is 33.2 Å². The van der Waals surface area contributed by atoms with Gasteiger partial charge in [0.05, 0.1) is 23.2 Å². The van der Waals surface area contributed by atoms with E-state index in [0.717, 1.165) is 17.0 Å². The zero-order valence-electron chi connectivity index (χ0n) is 19.0. The molecule has 0 saturated heterocycles. The van der Waals surface area contributed by atoms with E-state index in [1.807, 2.05) is 13.0 Å². The number of sulfonamides is 1. The molecule has 3 aromatic carbocycles. The summed E-state index contributed by atoms with van der Waals surface area (Å²) in [6, 6.07) is 22.1. The molecule has 34 heavy (non-hydrogen) atoms. The van der Waals surface area contributed by atoms with Crippen LogP contribution >= 0.6 is 0 Å². The number of carbonyl (C=O) groups is 2. The van der Waals surface area contributed by atoms with Gasteiger partial charge in [-0.05, 0) is 42.8 Å². The summed E-state index contributed by atoms with van der Waals surface area (Å²) in [5, 5.41) is 5.43. The standard InChI is InChI=1S/C25H27N3O5S/c1-3-17-26-25(30)20-13-7-8-14-21(20)27-24(29)18-28(34(2,31)32)22-15-9-10-16-23(22)33-19-11-5-4-6-12-19/h4-16H,3,17-18H2,1-2H3,(H,26,30)(H,27,29). The largest absolute Gasteiger partial charge is 0.455 e. The van der Waals surface area contributed by atoms with Gasteiger partial charge >= 0.3 is 0 Å². The van der Waals surface area contributed by atoms with Crippen LogP contribution in [0.5, 0.6) is 11.5 Å². The second-order valence-corrected chi connectivity index (χ2v) is 9.41. The van der Waals surface area contributed by atoms with Crippen LogP contribution in [0, 0.1) is 0 Å². The van der Waals surface area contributed by atoms with Crippen molar-refractivity contribution in [2.45, 2.75) is 13.3 Å². The van der Waals surface area contributed by atoms with Crippen LogP contribution in [0.25, 0.3) is 0 Å². The van der Waals surface area contributed by atoms with Crippen molar-refractivity contribution < 1.29 is 22.7 Å². The molecule has 0 bridgehead atoms. The highest BCUT2D eigenvalue weighted by Crippen LogP contribution is 2.33. The minimum absolute atomic E-state index is 0.220. The van der Waals surface area contributed by atoms with Crippen LogP contribution in [0.1, 0.15) is 23.7 Å². The average Bonchev–Trinajstić information content (AvgIpc) is 2.82. The van der Waals surface area contributed by atoms with Crippen molar-refractivity contribution in [2.24, 2.45) is 0 Å². The van der Waals surface area contributed by atoms with Gasteiger partial charge in [0.15, 0.2) is 5.75 Å². The van der Waals surface area contributed by atoms with Gasteiger partial charge in [0, 0.05) is 6.54 Å². The molecule has 0 unspecified atom stereocenters. The van der Waals surface area contributed by atoms with E-state index in [4.69, 9.17) is 4.74 Å². The Labute approximate surface area is 199 Å². The van der Waals surface area contributed by atoms with E-state index in [-0.39, 0.29) is 17.3 Å². The molecule has 0 aromatic heterocycles. The fourth-order valence-corrected chi connectivity index (χ4v) is 4.05. The molecule has 0 aliphatic heterocycles. The molecule has 178 valence electrons. The average molecular weight is 482 g/mol. The van der Waals surface area contributed by atoms with Crippen LogP contribution in [0.4, 0.5) is 11.4 Å². The molecule has 0 atom stereocenters. The van der Waals surface area contributed by atoms with Crippen LogP contribution in [0.2, 0.25) is 0 Å². The zero-order chi connectivity index (χ0) is 24.6. The molecular formula is C25H27N3O5S. The van der Waals surface area contributed by atoms with Gasteiger partial charge in [-0.15, -0.1) is 0 Å². The van der Waals surface area contributed by atoms with Crippen LogP contribution in [0.15, 0.2) is 78.9 Å². The highest BCUT2D eigenvalue weighted by molar-refractivity contribution is 7.92. The topological polar surface area (TPSA) is 105 Å². The number of hydrogen-bond donors (Lipinski definition) is 2. The summed E-state index contributed by atoms with van der Waals surface area (Å²) >= 11 is 0. The number of ether oxygens (including phenoxy) is 1. The molecule has 3 aromatic rings. The lowest BCUT2D eigenvalue weighted by Gasteiger charge is -2.24.